The number of aromatic nitrogens is 2. The Morgan fingerprint density at radius 3 is 2.57 bits per heavy atom. The zero-order valence-corrected chi connectivity index (χ0v) is 16.8. The van der Waals surface area contributed by atoms with Gasteiger partial charge >= 0.3 is 11.7 Å². The molecule has 1 atom stereocenters. The number of halogens is 1. The third-order valence-corrected chi connectivity index (χ3v) is 4.75. The van der Waals surface area contributed by atoms with E-state index in [-0.39, 0.29) is 22.7 Å². The molecule has 1 aromatic heterocycles. The summed E-state index contributed by atoms with van der Waals surface area (Å²) in [5.41, 5.74) is 0.690. The number of nitro groups is 1. The van der Waals surface area contributed by atoms with Crippen molar-refractivity contribution < 1.29 is 14.5 Å². The molecule has 0 saturated carbocycles. The second kappa shape index (κ2) is 9.34. The maximum absolute atomic E-state index is 12.0. The van der Waals surface area contributed by atoms with Crippen molar-refractivity contribution in [2.45, 2.75) is 18.1 Å². The van der Waals surface area contributed by atoms with Crippen LogP contribution in [0.15, 0.2) is 29.4 Å². The summed E-state index contributed by atoms with van der Waals surface area (Å²) in [6, 6.07) is 6.19. The number of hydrogen-bond acceptors (Lipinski definition) is 8. The fraction of sp³-hybridized carbons (Fsp3) is 0.294. The topological polar surface area (TPSA) is 103 Å². The van der Waals surface area contributed by atoms with Crippen LogP contribution >= 0.6 is 23.4 Å². The van der Waals surface area contributed by atoms with Crippen molar-refractivity contribution in [1.29, 1.82) is 0 Å². The first-order chi connectivity index (χ1) is 13.3. The van der Waals surface area contributed by atoms with E-state index in [9.17, 15) is 14.9 Å². The SMILES string of the molecule is [C-]#[N+]c1ccc(C(C)N(CC(=O)OC)c2nc(SC)nc(Cl)c2[N+](=O)[O-])cc1. The zero-order valence-electron chi connectivity index (χ0n) is 15.2. The average Bonchev–Trinajstić information content (AvgIpc) is 2.70. The van der Waals surface area contributed by atoms with Gasteiger partial charge in [-0.2, -0.15) is 4.98 Å². The van der Waals surface area contributed by atoms with E-state index in [1.165, 1.54) is 23.8 Å². The zero-order chi connectivity index (χ0) is 20.8. The molecule has 2 rings (SSSR count). The quantitative estimate of drug-likeness (QED) is 0.125. The highest BCUT2D eigenvalue weighted by atomic mass is 35.5. The Hall–Kier alpha value is -2.90. The molecule has 1 aromatic carbocycles. The normalized spacial score (nSPS) is 11.4. The van der Waals surface area contributed by atoms with Crippen LogP contribution in [0, 0.1) is 16.7 Å². The monoisotopic (exact) mass is 421 g/mol. The van der Waals surface area contributed by atoms with Crippen LogP contribution in [-0.2, 0) is 9.53 Å². The number of methoxy groups -OCH3 is 1. The first kappa shape index (κ1) is 21.4. The maximum Gasteiger partial charge on any atom is 0.348 e. The van der Waals surface area contributed by atoms with Crippen LogP contribution in [0.2, 0.25) is 5.15 Å². The van der Waals surface area contributed by atoms with E-state index < -0.39 is 22.6 Å². The molecule has 0 bridgehead atoms. The van der Waals surface area contributed by atoms with Gasteiger partial charge in [0, 0.05) is 0 Å². The summed E-state index contributed by atoms with van der Waals surface area (Å²) in [5.74, 6) is -0.680. The number of nitrogens with zero attached hydrogens (tertiary/aromatic N) is 5. The lowest BCUT2D eigenvalue weighted by Crippen LogP contribution is -2.34. The van der Waals surface area contributed by atoms with E-state index in [0.717, 1.165) is 5.56 Å². The standard InChI is InChI=1S/C17H16ClN5O4S/c1-10(11-5-7-12(19-2)8-6-11)22(9-13(24)27-3)16-14(23(25)26)15(18)20-17(21-16)28-4/h5-8,10H,9H2,1,3-4H3. The van der Waals surface area contributed by atoms with Gasteiger partial charge in [-0.3, -0.25) is 14.9 Å². The first-order valence-corrected chi connectivity index (χ1v) is 9.49. The molecule has 0 N–H and O–H groups in total. The molecule has 1 unspecified atom stereocenters. The summed E-state index contributed by atoms with van der Waals surface area (Å²) in [7, 11) is 1.23. The predicted octanol–water partition coefficient (Wildman–Crippen LogP) is 4.05. The lowest BCUT2D eigenvalue weighted by molar-refractivity contribution is -0.384. The molecule has 0 spiro atoms. The van der Waals surface area contributed by atoms with Crippen LogP contribution in [-0.4, -0.2) is 40.8 Å². The molecule has 11 heteroatoms. The molecule has 1 heterocycles. The van der Waals surface area contributed by atoms with Gasteiger partial charge in [-0.05, 0) is 18.7 Å². The van der Waals surface area contributed by atoms with Crippen molar-refractivity contribution >= 4 is 46.5 Å². The largest absolute Gasteiger partial charge is 0.468 e. The molecule has 0 aliphatic carbocycles. The second-order valence-electron chi connectivity index (χ2n) is 5.51. The molecule has 9 nitrogen and oxygen atoms in total. The molecular formula is C17H16ClN5O4S. The molecule has 146 valence electrons. The lowest BCUT2D eigenvalue weighted by atomic mass is 10.1. The minimum Gasteiger partial charge on any atom is -0.468 e. The summed E-state index contributed by atoms with van der Waals surface area (Å²) < 4.78 is 4.74. The molecule has 0 saturated heterocycles. The number of carbonyl (C=O) groups is 1. The van der Waals surface area contributed by atoms with E-state index >= 15 is 0 Å². The predicted molar refractivity (Wildman–Crippen MR) is 106 cm³/mol. The third kappa shape index (κ3) is 4.68. The lowest BCUT2D eigenvalue weighted by Gasteiger charge is -2.29. The van der Waals surface area contributed by atoms with Crippen LogP contribution in [0.1, 0.15) is 18.5 Å². The Balaban J connectivity index is 2.62. The average molecular weight is 422 g/mol. The molecule has 0 fully saturated rings. The summed E-state index contributed by atoms with van der Waals surface area (Å²) >= 11 is 7.20. The van der Waals surface area contributed by atoms with E-state index in [2.05, 4.69) is 14.8 Å². The van der Waals surface area contributed by atoms with Gasteiger partial charge in [-0.15, -0.1) is 0 Å². The van der Waals surface area contributed by atoms with Crippen molar-refractivity contribution in [3.63, 3.8) is 0 Å². The maximum atomic E-state index is 12.0. The number of benzene rings is 1. The molecule has 28 heavy (non-hydrogen) atoms. The Bertz CT molecular complexity index is 932. The molecule has 0 aliphatic rings. The highest BCUT2D eigenvalue weighted by molar-refractivity contribution is 7.98. The van der Waals surface area contributed by atoms with Crippen LogP contribution in [0.25, 0.3) is 4.85 Å². The van der Waals surface area contributed by atoms with E-state index in [1.54, 1.807) is 37.4 Å². The molecule has 0 radical (unpaired) electrons. The van der Waals surface area contributed by atoms with Gasteiger partial charge < -0.3 is 9.64 Å². The van der Waals surface area contributed by atoms with E-state index in [1.807, 2.05) is 0 Å². The molecular weight excluding hydrogens is 406 g/mol. The highest BCUT2D eigenvalue weighted by Gasteiger charge is 2.32. The van der Waals surface area contributed by atoms with Crippen LogP contribution in [0.4, 0.5) is 17.2 Å². The first-order valence-electron chi connectivity index (χ1n) is 7.89. The molecule has 0 amide bonds. The van der Waals surface area contributed by atoms with Crippen molar-refractivity contribution in [3.05, 3.63) is 56.5 Å². The summed E-state index contributed by atoms with van der Waals surface area (Å²) in [6.45, 7) is 8.52. The number of thioether (sulfide) groups is 1. The van der Waals surface area contributed by atoms with Crippen LogP contribution in [0.3, 0.4) is 0 Å². The Morgan fingerprint density at radius 2 is 2.07 bits per heavy atom. The van der Waals surface area contributed by atoms with E-state index in [0.29, 0.717) is 5.69 Å². The Kier molecular flexibility index (Phi) is 7.14. The number of hydrogen-bond donors (Lipinski definition) is 0. The summed E-state index contributed by atoms with van der Waals surface area (Å²) in [5, 5.41) is 11.5. The number of carbonyl (C=O) groups excluding carboxylic acids is 1. The van der Waals surface area contributed by atoms with Gasteiger partial charge in [0.15, 0.2) is 10.8 Å². The minimum atomic E-state index is -0.680. The van der Waals surface area contributed by atoms with E-state index in [4.69, 9.17) is 22.9 Å². The Labute approximate surface area is 170 Å². The number of ether oxygens (including phenoxy) is 1. The van der Waals surface area contributed by atoms with Crippen molar-refractivity contribution in [3.8, 4) is 0 Å². The second-order valence-corrected chi connectivity index (χ2v) is 6.65. The molecule has 0 aliphatic heterocycles. The van der Waals surface area contributed by atoms with Gasteiger partial charge in [-0.1, -0.05) is 47.6 Å². The Morgan fingerprint density at radius 1 is 1.43 bits per heavy atom. The van der Waals surface area contributed by atoms with Gasteiger partial charge in [0.1, 0.15) is 6.54 Å². The van der Waals surface area contributed by atoms with Gasteiger partial charge in [0.05, 0.1) is 24.6 Å². The van der Waals surface area contributed by atoms with Crippen molar-refractivity contribution in [2.75, 3.05) is 24.8 Å². The fourth-order valence-electron chi connectivity index (χ4n) is 2.45. The highest BCUT2D eigenvalue weighted by Crippen LogP contribution is 2.38. The van der Waals surface area contributed by atoms with Crippen molar-refractivity contribution in [2.24, 2.45) is 0 Å². The number of rotatable bonds is 7. The van der Waals surface area contributed by atoms with Gasteiger partial charge in [-0.25, -0.2) is 9.83 Å². The summed E-state index contributed by atoms with van der Waals surface area (Å²) in [4.78, 5) is 35.8. The number of anilines is 1. The smallest absolute Gasteiger partial charge is 0.348 e. The third-order valence-electron chi connectivity index (χ3n) is 3.94. The van der Waals surface area contributed by atoms with Gasteiger partial charge in [0.25, 0.3) is 0 Å². The van der Waals surface area contributed by atoms with Crippen LogP contribution in [0.5, 0.6) is 0 Å². The van der Waals surface area contributed by atoms with Gasteiger partial charge in [0.2, 0.25) is 11.0 Å². The minimum absolute atomic E-state index is 0.0819. The number of esters is 1. The molecule has 2 aromatic rings. The summed E-state index contributed by atoms with van der Waals surface area (Å²) in [6.07, 6.45) is 1.71. The van der Waals surface area contributed by atoms with Crippen LogP contribution < -0.4 is 4.90 Å². The van der Waals surface area contributed by atoms with Crippen molar-refractivity contribution in [1.82, 2.24) is 9.97 Å². The fourth-order valence-corrected chi connectivity index (χ4v) is 3.10.